The molecule has 2 heterocycles. The summed E-state index contributed by atoms with van der Waals surface area (Å²) >= 11 is 0. The van der Waals surface area contributed by atoms with Crippen molar-refractivity contribution in [2.24, 2.45) is 0 Å². The monoisotopic (exact) mass is 541 g/mol. The van der Waals surface area contributed by atoms with E-state index in [0.717, 1.165) is 44.0 Å². The third kappa shape index (κ3) is 6.81. The zero-order chi connectivity index (χ0) is 28.5. The summed E-state index contributed by atoms with van der Waals surface area (Å²) in [5.41, 5.74) is 4.31. The van der Waals surface area contributed by atoms with E-state index >= 15 is 0 Å². The lowest BCUT2D eigenvalue weighted by atomic mass is 10.1. The molecule has 1 amide bonds. The van der Waals surface area contributed by atoms with Gasteiger partial charge in [-0.2, -0.15) is 5.26 Å². The number of nitriles is 1. The molecule has 3 N–H and O–H groups in total. The molecule has 4 rings (SSSR count). The van der Waals surface area contributed by atoms with Crippen LogP contribution in [0.15, 0.2) is 61.3 Å². The van der Waals surface area contributed by atoms with Crippen molar-refractivity contribution < 1.29 is 14.3 Å². The highest BCUT2D eigenvalue weighted by Crippen LogP contribution is 2.32. The van der Waals surface area contributed by atoms with E-state index in [1.807, 2.05) is 36.4 Å². The van der Waals surface area contributed by atoms with Crippen LogP contribution in [0.2, 0.25) is 0 Å². The van der Waals surface area contributed by atoms with Gasteiger partial charge in [0.05, 0.1) is 36.8 Å². The number of nitrogens with zero attached hydrogens (tertiary/aromatic N) is 4. The average molecular weight is 542 g/mol. The Kier molecular flexibility index (Phi) is 9.44. The van der Waals surface area contributed by atoms with Gasteiger partial charge in [-0.05, 0) is 48.5 Å². The lowest BCUT2D eigenvalue weighted by molar-refractivity contribution is -0.111. The number of nitrogens with one attached hydrogen (secondary N) is 3. The van der Waals surface area contributed by atoms with Crippen molar-refractivity contribution in [3.05, 3.63) is 72.4 Å². The van der Waals surface area contributed by atoms with Gasteiger partial charge in [-0.1, -0.05) is 19.6 Å². The van der Waals surface area contributed by atoms with E-state index in [9.17, 15) is 10.1 Å². The maximum absolute atomic E-state index is 12.2. The summed E-state index contributed by atoms with van der Waals surface area (Å²) < 4.78 is 10.7. The van der Waals surface area contributed by atoms with E-state index in [1.54, 1.807) is 20.3 Å². The van der Waals surface area contributed by atoms with Crippen LogP contribution in [0, 0.1) is 11.3 Å². The molecule has 1 fully saturated rings. The molecule has 10 nitrogen and oxygen atoms in total. The van der Waals surface area contributed by atoms with Crippen LogP contribution in [0.25, 0.3) is 0 Å². The summed E-state index contributed by atoms with van der Waals surface area (Å²) in [5.74, 6) is 1.49. The van der Waals surface area contributed by atoms with Gasteiger partial charge >= 0.3 is 0 Å². The number of hydrogen-bond donors (Lipinski definition) is 3. The normalized spacial score (nSPS) is 13.2. The van der Waals surface area contributed by atoms with E-state index < -0.39 is 0 Å². The number of anilines is 5. The number of piperazine rings is 1. The molecule has 0 saturated carbocycles. The van der Waals surface area contributed by atoms with Crippen LogP contribution in [0.4, 0.5) is 28.6 Å². The van der Waals surface area contributed by atoms with Gasteiger partial charge in [-0.3, -0.25) is 4.79 Å². The second-order valence-corrected chi connectivity index (χ2v) is 9.24. The first-order chi connectivity index (χ1) is 19.5. The van der Waals surface area contributed by atoms with Crippen LogP contribution in [0.1, 0.15) is 18.1 Å². The lowest BCUT2D eigenvalue weighted by Gasteiger charge is -2.35. The molecule has 208 valence electrons. The largest absolute Gasteiger partial charge is 0.493 e. The molecule has 1 saturated heterocycles. The number of pyridine rings is 1. The molecule has 3 aromatic rings. The highest BCUT2D eigenvalue weighted by atomic mass is 16.5. The smallest absolute Gasteiger partial charge is 0.247 e. The van der Waals surface area contributed by atoms with Crippen molar-refractivity contribution in [3.63, 3.8) is 0 Å². The number of likely N-dealkylation sites (N-methyl/N-ethyl adjacent to an activating group) is 1. The third-order valence-corrected chi connectivity index (χ3v) is 6.85. The summed E-state index contributed by atoms with van der Waals surface area (Å²) in [6, 6.07) is 15.5. The van der Waals surface area contributed by atoms with E-state index in [4.69, 9.17) is 9.47 Å². The molecule has 10 heteroatoms. The Balaban J connectivity index is 1.55. The molecule has 2 aromatic carbocycles. The number of methoxy groups -OCH3 is 2. The van der Waals surface area contributed by atoms with Gasteiger partial charge in [0.2, 0.25) is 5.91 Å². The van der Waals surface area contributed by atoms with Gasteiger partial charge in [0.25, 0.3) is 0 Å². The van der Waals surface area contributed by atoms with Crippen LogP contribution in [-0.2, 0) is 11.3 Å². The minimum atomic E-state index is -0.305. The highest BCUT2D eigenvalue weighted by molar-refractivity contribution is 6.02. The van der Waals surface area contributed by atoms with Gasteiger partial charge in [0.1, 0.15) is 11.9 Å². The van der Waals surface area contributed by atoms with Crippen molar-refractivity contribution >= 4 is 34.5 Å². The summed E-state index contributed by atoms with van der Waals surface area (Å²) in [6.07, 6.45) is 2.76. The Morgan fingerprint density at radius 2 is 1.82 bits per heavy atom. The summed E-state index contributed by atoms with van der Waals surface area (Å²) in [4.78, 5) is 21.4. The van der Waals surface area contributed by atoms with Gasteiger partial charge < -0.3 is 35.2 Å². The number of rotatable bonds is 11. The minimum absolute atomic E-state index is 0.305. The topological polar surface area (TPSA) is 115 Å². The molecule has 1 aliphatic rings. The third-order valence-electron chi connectivity index (χ3n) is 6.85. The van der Waals surface area contributed by atoms with E-state index in [0.29, 0.717) is 46.5 Å². The van der Waals surface area contributed by atoms with Gasteiger partial charge in [-0.15, -0.1) is 0 Å². The quantitative estimate of drug-likeness (QED) is 0.300. The molecular weight excluding hydrogens is 506 g/mol. The number of carbonyl (C=O) groups excluding carboxylic acids is 1. The molecule has 40 heavy (non-hydrogen) atoms. The van der Waals surface area contributed by atoms with Crippen molar-refractivity contribution in [1.82, 2.24) is 9.88 Å². The molecule has 0 aliphatic carbocycles. The summed E-state index contributed by atoms with van der Waals surface area (Å²) in [6.45, 7) is 11.1. The molecule has 0 unspecified atom stereocenters. The van der Waals surface area contributed by atoms with Crippen LogP contribution < -0.4 is 30.3 Å². The maximum atomic E-state index is 12.2. The Morgan fingerprint density at radius 1 is 1.05 bits per heavy atom. The van der Waals surface area contributed by atoms with Crippen molar-refractivity contribution in [2.45, 2.75) is 13.5 Å². The van der Waals surface area contributed by atoms with Crippen LogP contribution in [0.5, 0.6) is 11.5 Å². The predicted octanol–water partition coefficient (Wildman–Crippen LogP) is 4.59. The lowest BCUT2D eigenvalue weighted by Crippen LogP contribution is -2.46. The number of carbonyl (C=O) groups is 1. The fourth-order valence-electron chi connectivity index (χ4n) is 4.53. The van der Waals surface area contributed by atoms with E-state index in [1.165, 1.54) is 12.3 Å². The van der Waals surface area contributed by atoms with Crippen LogP contribution in [0.3, 0.4) is 0 Å². The average Bonchev–Trinajstić information content (AvgIpc) is 3.00. The second kappa shape index (κ2) is 13.4. The molecule has 1 aromatic heterocycles. The molecule has 0 spiro atoms. The molecule has 1 aliphatic heterocycles. The fraction of sp³-hybridized carbons (Fsp3) is 0.300. The Labute approximate surface area is 235 Å². The standard InChI is InChI=1S/C30H35N7O3/c1-5-30(38)35-26-16-23(37-13-11-36(6-2)12-14-37)8-9-24(26)34-29-17-25(22(18-31)20-33-29)32-19-21-7-10-27(39-3)28(15-21)40-4/h5,7-10,15-17,20H,1,6,11-14,19H2,2-4H3,(H,35,38)(H2,32,33,34). The van der Waals surface area contributed by atoms with Gasteiger partial charge in [0.15, 0.2) is 11.5 Å². The molecular formula is C30H35N7O3. The SMILES string of the molecule is C=CC(=O)Nc1cc(N2CCN(CC)CC2)ccc1Nc1cc(NCc2ccc(OC)c(OC)c2)c(C#N)cn1. The zero-order valence-corrected chi connectivity index (χ0v) is 23.2. The van der Waals surface area contributed by atoms with Crippen LogP contribution in [-0.4, -0.2) is 62.7 Å². The van der Waals surface area contributed by atoms with E-state index in [-0.39, 0.29) is 5.91 Å². The first-order valence-corrected chi connectivity index (χ1v) is 13.1. The van der Waals surface area contributed by atoms with Crippen molar-refractivity contribution in [2.75, 3.05) is 67.8 Å². The van der Waals surface area contributed by atoms with E-state index in [2.05, 4.69) is 50.3 Å². The van der Waals surface area contributed by atoms with Crippen molar-refractivity contribution in [3.8, 4) is 17.6 Å². The number of hydrogen-bond acceptors (Lipinski definition) is 9. The molecule has 0 bridgehead atoms. The first kappa shape index (κ1) is 28.3. The highest BCUT2D eigenvalue weighted by Gasteiger charge is 2.18. The fourth-order valence-corrected chi connectivity index (χ4v) is 4.53. The summed E-state index contributed by atoms with van der Waals surface area (Å²) in [5, 5.41) is 19.2. The Hall–Kier alpha value is -4.75. The first-order valence-electron chi connectivity index (χ1n) is 13.1. The minimum Gasteiger partial charge on any atom is -0.493 e. The number of aromatic nitrogens is 1. The summed E-state index contributed by atoms with van der Waals surface area (Å²) in [7, 11) is 3.18. The Morgan fingerprint density at radius 3 is 2.50 bits per heavy atom. The van der Waals surface area contributed by atoms with Crippen molar-refractivity contribution in [1.29, 1.82) is 5.26 Å². The number of benzene rings is 2. The molecule has 0 atom stereocenters. The number of ether oxygens (including phenoxy) is 2. The molecule has 0 radical (unpaired) electrons. The zero-order valence-electron chi connectivity index (χ0n) is 23.2. The predicted molar refractivity (Wildman–Crippen MR) is 159 cm³/mol. The van der Waals surface area contributed by atoms with Gasteiger partial charge in [0, 0.05) is 50.7 Å². The maximum Gasteiger partial charge on any atom is 0.247 e. The Bertz CT molecular complexity index is 1390. The van der Waals surface area contributed by atoms with Crippen LogP contribution >= 0.6 is 0 Å². The van der Waals surface area contributed by atoms with Gasteiger partial charge in [-0.25, -0.2) is 4.98 Å². The number of amides is 1. The second-order valence-electron chi connectivity index (χ2n) is 9.24.